The second-order valence-electron chi connectivity index (χ2n) is 8.51. The standard InChI is InChI=1S/C22H27N5O6/c28-14-10-13(11-23-12-14)18(30)25-8-3-5-16(29)24-9-7-22-6-2-1-4-15(22)17-19(31)26-21(32)27-20(17)33-22/h10-12,15,28H,1-9H2,(H,24,29)(H,25,30)(H2,26,27,31,32)/t15-,22+/m1/s1. The third kappa shape index (κ3) is 4.91. The van der Waals surface area contributed by atoms with E-state index in [2.05, 4.69) is 25.6 Å². The number of hydrogen-bond acceptors (Lipinski definition) is 7. The molecule has 1 fully saturated rings. The first kappa shape index (κ1) is 22.6. The fourth-order valence-electron chi connectivity index (χ4n) is 4.77. The van der Waals surface area contributed by atoms with Crippen molar-refractivity contribution in [3.8, 4) is 11.6 Å². The molecule has 0 radical (unpaired) electrons. The van der Waals surface area contributed by atoms with E-state index >= 15 is 0 Å². The van der Waals surface area contributed by atoms with Gasteiger partial charge < -0.3 is 20.5 Å². The van der Waals surface area contributed by atoms with Crippen LogP contribution in [0.5, 0.6) is 11.6 Å². The Morgan fingerprint density at radius 2 is 2.03 bits per heavy atom. The summed E-state index contributed by atoms with van der Waals surface area (Å²) >= 11 is 0. The first-order chi connectivity index (χ1) is 15.9. The molecule has 1 aliphatic heterocycles. The van der Waals surface area contributed by atoms with Crippen molar-refractivity contribution < 1.29 is 19.4 Å². The molecule has 0 spiro atoms. The summed E-state index contributed by atoms with van der Waals surface area (Å²) in [6, 6.07) is 1.32. The molecule has 0 bridgehead atoms. The van der Waals surface area contributed by atoms with Crippen LogP contribution in [0.4, 0.5) is 0 Å². The Bertz CT molecular complexity index is 1160. The number of H-pyrrole nitrogens is 2. The molecule has 2 amide bonds. The van der Waals surface area contributed by atoms with E-state index in [4.69, 9.17) is 4.74 Å². The first-order valence-electron chi connectivity index (χ1n) is 11.1. The lowest BCUT2D eigenvalue weighted by Crippen LogP contribution is -2.44. The number of aromatic hydroxyl groups is 1. The minimum atomic E-state index is -0.603. The van der Waals surface area contributed by atoms with E-state index in [0.717, 1.165) is 25.7 Å². The van der Waals surface area contributed by atoms with Gasteiger partial charge in [-0.1, -0.05) is 6.42 Å². The Morgan fingerprint density at radius 3 is 2.85 bits per heavy atom. The number of nitrogens with one attached hydrogen (secondary N) is 4. The van der Waals surface area contributed by atoms with Crippen molar-refractivity contribution in [1.29, 1.82) is 0 Å². The van der Waals surface area contributed by atoms with E-state index in [9.17, 15) is 24.3 Å². The topological polar surface area (TPSA) is 166 Å². The van der Waals surface area contributed by atoms with E-state index in [1.165, 1.54) is 18.5 Å². The van der Waals surface area contributed by atoms with E-state index in [-0.39, 0.29) is 41.3 Å². The largest absolute Gasteiger partial charge is 0.506 e. The molecule has 2 atom stereocenters. The van der Waals surface area contributed by atoms with Gasteiger partial charge in [0.2, 0.25) is 11.8 Å². The normalized spacial score (nSPS) is 20.9. The van der Waals surface area contributed by atoms with Gasteiger partial charge in [-0.2, -0.15) is 0 Å². The van der Waals surface area contributed by atoms with Gasteiger partial charge in [-0.15, -0.1) is 0 Å². The lowest BCUT2D eigenvalue weighted by atomic mass is 9.72. The molecule has 0 aromatic carbocycles. The van der Waals surface area contributed by atoms with Gasteiger partial charge >= 0.3 is 5.69 Å². The number of carbonyl (C=O) groups excluding carboxylic acids is 2. The average molecular weight is 457 g/mol. The van der Waals surface area contributed by atoms with Crippen molar-refractivity contribution >= 4 is 11.8 Å². The maximum atomic E-state index is 12.3. The van der Waals surface area contributed by atoms with Crippen LogP contribution in [0.2, 0.25) is 0 Å². The number of aromatic nitrogens is 3. The van der Waals surface area contributed by atoms with Gasteiger partial charge in [0, 0.05) is 38.0 Å². The Labute approximate surface area is 189 Å². The molecular weight excluding hydrogens is 430 g/mol. The molecule has 176 valence electrons. The predicted octanol–water partition coefficient (Wildman–Crippen LogP) is 0.669. The number of amides is 2. The van der Waals surface area contributed by atoms with Crippen molar-refractivity contribution in [2.75, 3.05) is 13.1 Å². The molecule has 0 saturated heterocycles. The quantitative estimate of drug-likeness (QED) is 0.363. The van der Waals surface area contributed by atoms with Gasteiger partial charge in [-0.25, -0.2) is 4.79 Å². The molecule has 11 heteroatoms. The number of hydrogen-bond donors (Lipinski definition) is 5. The molecule has 0 unspecified atom stereocenters. The fourth-order valence-corrected chi connectivity index (χ4v) is 4.77. The van der Waals surface area contributed by atoms with E-state index in [1.54, 1.807) is 0 Å². The Hall–Kier alpha value is -3.63. The summed E-state index contributed by atoms with van der Waals surface area (Å²) in [6.07, 6.45) is 7.29. The van der Waals surface area contributed by atoms with Crippen molar-refractivity contribution in [2.45, 2.75) is 56.5 Å². The van der Waals surface area contributed by atoms with Gasteiger partial charge in [0.25, 0.3) is 11.5 Å². The highest BCUT2D eigenvalue weighted by Gasteiger charge is 2.51. The second kappa shape index (κ2) is 9.47. The number of ether oxygens (including phenoxy) is 1. The summed E-state index contributed by atoms with van der Waals surface area (Å²) in [5.74, 6) is -0.464. The van der Waals surface area contributed by atoms with Crippen molar-refractivity contribution in [3.63, 3.8) is 0 Å². The smallest absolute Gasteiger partial charge is 0.328 e. The number of aromatic amines is 2. The molecular formula is C22H27N5O6. The van der Waals surface area contributed by atoms with Gasteiger partial charge in [0.05, 0.1) is 17.3 Å². The highest BCUT2D eigenvalue weighted by Crippen LogP contribution is 2.51. The van der Waals surface area contributed by atoms with E-state index < -0.39 is 16.9 Å². The van der Waals surface area contributed by atoms with Crippen LogP contribution in [-0.2, 0) is 4.79 Å². The zero-order valence-corrected chi connectivity index (χ0v) is 18.1. The summed E-state index contributed by atoms with van der Waals surface area (Å²) in [5, 5.41) is 15.0. The third-order valence-corrected chi connectivity index (χ3v) is 6.30. The summed E-state index contributed by atoms with van der Waals surface area (Å²) in [4.78, 5) is 56.9. The molecule has 5 N–H and O–H groups in total. The molecule has 1 saturated carbocycles. The Balaban J connectivity index is 1.24. The summed E-state index contributed by atoms with van der Waals surface area (Å²) in [6.45, 7) is 0.690. The minimum Gasteiger partial charge on any atom is -0.506 e. The van der Waals surface area contributed by atoms with E-state index in [1.807, 2.05) is 0 Å². The monoisotopic (exact) mass is 457 g/mol. The van der Waals surface area contributed by atoms with Crippen LogP contribution in [0.15, 0.2) is 28.0 Å². The van der Waals surface area contributed by atoms with Crippen molar-refractivity contribution in [2.24, 2.45) is 0 Å². The summed E-state index contributed by atoms with van der Waals surface area (Å²) < 4.78 is 6.12. The molecule has 3 heterocycles. The van der Waals surface area contributed by atoms with Crippen LogP contribution >= 0.6 is 0 Å². The van der Waals surface area contributed by atoms with Crippen LogP contribution in [0.3, 0.4) is 0 Å². The van der Waals surface area contributed by atoms with Crippen molar-refractivity contribution in [3.05, 3.63) is 50.4 Å². The zero-order chi connectivity index (χ0) is 23.4. The van der Waals surface area contributed by atoms with Gasteiger partial charge in [-0.3, -0.25) is 29.3 Å². The lowest BCUT2D eigenvalue weighted by Gasteiger charge is -2.38. The minimum absolute atomic E-state index is 0.0907. The maximum Gasteiger partial charge on any atom is 0.328 e. The van der Waals surface area contributed by atoms with Gasteiger partial charge in [0.1, 0.15) is 11.4 Å². The van der Waals surface area contributed by atoms with Crippen LogP contribution in [0.1, 0.15) is 66.8 Å². The Kier molecular flexibility index (Phi) is 6.47. The van der Waals surface area contributed by atoms with E-state index in [0.29, 0.717) is 31.5 Å². The predicted molar refractivity (Wildman–Crippen MR) is 117 cm³/mol. The van der Waals surface area contributed by atoms with Crippen LogP contribution in [0.25, 0.3) is 0 Å². The second-order valence-corrected chi connectivity index (χ2v) is 8.51. The summed E-state index contributed by atoms with van der Waals surface area (Å²) in [7, 11) is 0. The molecule has 1 aliphatic carbocycles. The highest BCUT2D eigenvalue weighted by atomic mass is 16.5. The lowest BCUT2D eigenvalue weighted by molar-refractivity contribution is -0.121. The zero-order valence-electron chi connectivity index (χ0n) is 18.1. The number of nitrogens with zero attached hydrogens (tertiary/aromatic N) is 1. The maximum absolute atomic E-state index is 12.3. The molecule has 2 aliphatic rings. The third-order valence-electron chi connectivity index (χ3n) is 6.30. The summed E-state index contributed by atoms with van der Waals surface area (Å²) in [5.41, 5.74) is -0.853. The van der Waals surface area contributed by atoms with Gasteiger partial charge in [-0.05, 0) is 31.7 Å². The number of fused-ring (bicyclic) bond motifs is 3. The fraction of sp³-hybridized carbons (Fsp3) is 0.500. The molecule has 4 rings (SSSR count). The number of rotatable bonds is 8. The average Bonchev–Trinajstić information content (AvgIpc) is 3.10. The van der Waals surface area contributed by atoms with Crippen molar-refractivity contribution in [1.82, 2.24) is 25.6 Å². The molecule has 33 heavy (non-hydrogen) atoms. The van der Waals surface area contributed by atoms with Crippen LogP contribution in [-0.4, -0.2) is 50.6 Å². The first-order valence-corrected chi connectivity index (χ1v) is 11.1. The highest BCUT2D eigenvalue weighted by molar-refractivity contribution is 5.94. The number of pyridine rings is 1. The van der Waals surface area contributed by atoms with Crippen LogP contribution in [0, 0.1) is 0 Å². The number of carbonyl (C=O) groups is 2. The molecule has 11 nitrogen and oxygen atoms in total. The SMILES string of the molecule is O=C(CCCNC(=O)c1cncc(O)c1)NCC[C@@]12CCCC[C@@H]1c1c([nH]c(=O)[nH]c1=O)O2. The Morgan fingerprint density at radius 1 is 1.18 bits per heavy atom. The molecule has 2 aromatic heterocycles. The van der Waals surface area contributed by atoms with Crippen LogP contribution < -0.4 is 26.6 Å². The molecule has 2 aromatic rings. The van der Waals surface area contributed by atoms with Gasteiger partial charge in [0.15, 0.2) is 0 Å².